The van der Waals surface area contributed by atoms with Gasteiger partial charge in [0.25, 0.3) is 11.7 Å². The predicted molar refractivity (Wildman–Crippen MR) is 126 cm³/mol. The molecule has 0 aliphatic carbocycles. The standard InChI is InChI=1S/C23H21FN10O2/c24-16-14-28-22(34-8-7-29-31-34)20-19(16)15(13-27-20)21(35)23(36)33-11-9-32(10-12-33)18(4-5-25)30-17-3-1-2-6-26-17/h1-8,13-14,25,27H,9-12H2,(H,26,30)/p+1. The van der Waals surface area contributed by atoms with Crippen LogP contribution < -0.4 is 5.32 Å². The maximum atomic E-state index is 14.7. The van der Waals surface area contributed by atoms with Crippen molar-refractivity contribution in [2.24, 2.45) is 0 Å². The van der Waals surface area contributed by atoms with E-state index in [0.717, 1.165) is 17.8 Å². The number of carbonyl (C=O) groups excluding carboxylic acids is 2. The molecule has 13 heteroatoms. The molecule has 0 saturated carbocycles. The van der Waals surface area contributed by atoms with E-state index in [0.29, 0.717) is 26.2 Å². The predicted octanol–water partition coefficient (Wildman–Crippen LogP) is 0.391. The number of halogens is 1. The van der Waals surface area contributed by atoms with E-state index >= 15 is 0 Å². The summed E-state index contributed by atoms with van der Waals surface area (Å²) in [5, 5.41) is 16.9. The second-order valence-corrected chi connectivity index (χ2v) is 8.00. The summed E-state index contributed by atoms with van der Waals surface area (Å²) >= 11 is 0. The molecule has 0 aromatic carbocycles. The third-order valence-electron chi connectivity index (χ3n) is 5.89. The minimum atomic E-state index is -0.806. The Bertz CT molecular complexity index is 1440. The van der Waals surface area contributed by atoms with Crippen LogP contribution in [0.2, 0.25) is 0 Å². The average molecular weight is 489 g/mol. The Kier molecular flexibility index (Phi) is 6.28. The molecule has 12 nitrogen and oxygen atoms in total. The number of ketones is 1. The molecule has 36 heavy (non-hydrogen) atoms. The second kappa shape index (κ2) is 9.84. The number of hydrogen-bond donors (Lipinski definition) is 3. The molecule has 182 valence electrons. The normalized spacial score (nSPS) is 14.3. The Hall–Kier alpha value is -4.78. The van der Waals surface area contributed by atoms with E-state index in [2.05, 4.69) is 25.3 Å². The number of rotatable bonds is 7. The van der Waals surface area contributed by atoms with Crippen LogP contribution in [0.15, 0.2) is 61.1 Å². The first-order valence-corrected chi connectivity index (χ1v) is 11.1. The van der Waals surface area contributed by atoms with Gasteiger partial charge in [-0.25, -0.2) is 19.0 Å². The van der Waals surface area contributed by atoms with E-state index in [1.54, 1.807) is 18.5 Å². The molecule has 1 aliphatic rings. The number of H-pyrrole nitrogens is 1. The number of aromatic nitrogens is 6. The fourth-order valence-corrected chi connectivity index (χ4v) is 4.14. The highest BCUT2D eigenvalue weighted by Crippen LogP contribution is 2.26. The lowest BCUT2D eigenvalue weighted by Crippen LogP contribution is -2.80. The summed E-state index contributed by atoms with van der Waals surface area (Å²) in [5.41, 5.74) is 0.180. The zero-order valence-corrected chi connectivity index (χ0v) is 19.0. The number of nitrogens with two attached hydrogens (primary N) is 1. The number of aromatic amines is 1. The number of carbonyl (C=O) groups is 2. The number of hydrogen-bond acceptors (Lipinski definition) is 8. The van der Waals surface area contributed by atoms with E-state index < -0.39 is 17.5 Å². The van der Waals surface area contributed by atoms with E-state index in [1.165, 1.54) is 28.2 Å². The second-order valence-electron chi connectivity index (χ2n) is 8.00. The highest BCUT2D eigenvalue weighted by atomic mass is 19.1. The van der Waals surface area contributed by atoms with Crippen molar-refractivity contribution in [1.82, 2.24) is 39.7 Å². The number of quaternary nitrogens is 1. The fourth-order valence-electron chi connectivity index (χ4n) is 4.14. The van der Waals surface area contributed by atoms with Crippen LogP contribution in [-0.2, 0) is 4.79 Å². The number of Topliss-reactive ketones (excluding diaryl/α,β-unsaturated/α-hetero) is 1. The van der Waals surface area contributed by atoms with Crippen LogP contribution in [-0.4, -0.2) is 83.8 Å². The maximum Gasteiger partial charge on any atom is 0.295 e. The van der Waals surface area contributed by atoms with Crippen molar-refractivity contribution in [2.45, 2.75) is 0 Å². The Balaban J connectivity index is 1.31. The molecular formula is C23H22FN10O2+. The van der Waals surface area contributed by atoms with Crippen molar-refractivity contribution in [3.8, 4) is 5.82 Å². The van der Waals surface area contributed by atoms with Gasteiger partial charge in [0.2, 0.25) is 11.6 Å². The Morgan fingerprint density at radius 1 is 1.11 bits per heavy atom. The first-order valence-electron chi connectivity index (χ1n) is 11.1. The molecule has 4 aromatic heterocycles. The minimum Gasteiger partial charge on any atom is -0.357 e. The molecule has 0 unspecified atom stereocenters. The van der Waals surface area contributed by atoms with Gasteiger partial charge in [0.15, 0.2) is 11.6 Å². The van der Waals surface area contributed by atoms with Gasteiger partial charge in [0.1, 0.15) is 0 Å². The van der Waals surface area contributed by atoms with Gasteiger partial charge in [-0.2, -0.15) is 0 Å². The SMILES string of the molecule is N=CC=C([NH2+]c1ccccn1)N1CCN(C(=O)C(=O)c2c[nH]c3c(-n4ccnn4)ncc(F)c23)CC1. The van der Waals surface area contributed by atoms with Crippen molar-refractivity contribution in [1.29, 1.82) is 5.41 Å². The van der Waals surface area contributed by atoms with Gasteiger partial charge in [0.05, 0.1) is 35.1 Å². The maximum absolute atomic E-state index is 14.7. The van der Waals surface area contributed by atoms with E-state index in [9.17, 15) is 14.0 Å². The van der Waals surface area contributed by atoms with Gasteiger partial charge in [-0.3, -0.25) is 14.9 Å². The van der Waals surface area contributed by atoms with Crippen molar-refractivity contribution >= 4 is 34.6 Å². The molecule has 0 bridgehead atoms. The molecule has 1 aliphatic heterocycles. The van der Waals surface area contributed by atoms with Gasteiger partial charge in [-0.1, -0.05) is 11.3 Å². The first kappa shape index (κ1) is 23.0. The minimum absolute atomic E-state index is 0.0198. The number of allylic oxidation sites excluding steroid dienone is 1. The molecule has 1 saturated heterocycles. The molecule has 0 spiro atoms. The number of nitrogens with one attached hydrogen (secondary N) is 2. The average Bonchev–Trinajstić information content (AvgIpc) is 3.60. The smallest absolute Gasteiger partial charge is 0.295 e. The van der Waals surface area contributed by atoms with Gasteiger partial charge in [-0.15, -0.1) is 5.10 Å². The summed E-state index contributed by atoms with van der Waals surface area (Å²) < 4.78 is 16.1. The van der Waals surface area contributed by atoms with E-state index in [1.807, 2.05) is 28.4 Å². The van der Waals surface area contributed by atoms with Crippen LogP contribution in [0.1, 0.15) is 10.4 Å². The van der Waals surface area contributed by atoms with Gasteiger partial charge < -0.3 is 20.2 Å². The Morgan fingerprint density at radius 3 is 2.61 bits per heavy atom. The highest BCUT2D eigenvalue weighted by Gasteiger charge is 2.31. The summed E-state index contributed by atoms with van der Waals surface area (Å²) in [4.78, 5) is 40.9. The summed E-state index contributed by atoms with van der Waals surface area (Å²) in [5.74, 6) is -0.435. The van der Waals surface area contributed by atoms with Gasteiger partial charge >= 0.3 is 0 Å². The number of piperazine rings is 1. The fraction of sp³-hybridized carbons (Fsp3) is 0.174. The molecule has 1 amide bonds. The lowest BCUT2D eigenvalue weighted by atomic mass is 10.1. The molecule has 0 atom stereocenters. The molecule has 5 heterocycles. The van der Waals surface area contributed by atoms with Crippen LogP contribution in [0, 0.1) is 11.2 Å². The topological polar surface area (TPSA) is 153 Å². The molecule has 1 fully saturated rings. The molecule has 0 radical (unpaired) electrons. The molecule has 4 N–H and O–H groups in total. The van der Waals surface area contributed by atoms with Gasteiger partial charge in [0, 0.05) is 56.9 Å². The van der Waals surface area contributed by atoms with Crippen LogP contribution in [0.4, 0.5) is 10.2 Å². The van der Waals surface area contributed by atoms with E-state index in [-0.39, 0.29) is 22.3 Å². The lowest BCUT2D eigenvalue weighted by molar-refractivity contribution is -0.540. The van der Waals surface area contributed by atoms with Crippen molar-refractivity contribution in [3.05, 3.63) is 72.5 Å². The van der Waals surface area contributed by atoms with Crippen LogP contribution in [0.25, 0.3) is 16.7 Å². The lowest BCUT2D eigenvalue weighted by Gasteiger charge is -2.35. The summed E-state index contributed by atoms with van der Waals surface area (Å²) in [6.07, 6.45) is 9.84. The van der Waals surface area contributed by atoms with Crippen LogP contribution in [0.5, 0.6) is 0 Å². The number of pyridine rings is 2. The zero-order chi connectivity index (χ0) is 25.1. The third-order valence-corrected chi connectivity index (χ3v) is 5.89. The van der Waals surface area contributed by atoms with Gasteiger partial charge in [-0.05, 0) is 6.07 Å². The summed E-state index contributed by atoms with van der Waals surface area (Å²) in [6.45, 7) is 1.52. The first-order chi connectivity index (χ1) is 17.6. The van der Waals surface area contributed by atoms with Crippen LogP contribution >= 0.6 is 0 Å². The quantitative estimate of drug-likeness (QED) is 0.193. The largest absolute Gasteiger partial charge is 0.357 e. The number of fused-ring (bicyclic) bond motifs is 1. The number of nitrogens with zero attached hydrogens (tertiary/aromatic N) is 7. The van der Waals surface area contributed by atoms with Crippen molar-refractivity contribution < 1.29 is 19.3 Å². The summed E-state index contributed by atoms with van der Waals surface area (Å²) in [7, 11) is 0. The molecule has 5 rings (SSSR count). The Labute approximate surface area is 204 Å². The monoisotopic (exact) mass is 489 g/mol. The number of amides is 1. The Morgan fingerprint density at radius 2 is 1.92 bits per heavy atom. The van der Waals surface area contributed by atoms with Crippen molar-refractivity contribution in [3.63, 3.8) is 0 Å². The highest BCUT2D eigenvalue weighted by molar-refractivity contribution is 6.45. The molecule has 4 aromatic rings. The third kappa shape index (κ3) is 4.34. The van der Waals surface area contributed by atoms with E-state index in [4.69, 9.17) is 5.41 Å². The van der Waals surface area contributed by atoms with Crippen LogP contribution in [0.3, 0.4) is 0 Å². The zero-order valence-electron chi connectivity index (χ0n) is 19.0. The molecular weight excluding hydrogens is 467 g/mol. The summed E-state index contributed by atoms with van der Waals surface area (Å²) in [6, 6.07) is 5.56. The van der Waals surface area contributed by atoms with Crippen molar-refractivity contribution in [2.75, 3.05) is 26.2 Å².